The van der Waals surface area contributed by atoms with Crippen LogP contribution in [0.15, 0.2) is 158 Å². The largest absolute Gasteiger partial charge is 0.383 e. The minimum atomic E-state index is -4.69. The number of sulfonamides is 4. The lowest BCUT2D eigenvalue weighted by Gasteiger charge is -2.36. The van der Waals surface area contributed by atoms with Gasteiger partial charge < -0.3 is 14.9 Å². The smallest absolute Gasteiger partial charge is 0.279 e. The highest BCUT2D eigenvalue weighted by molar-refractivity contribution is 8.11. The second kappa shape index (κ2) is 22.4. The van der Waals surface area contributed by atoms with Crippen molar-refractivity contribution >= 4 is 119 Å². The van der Waals surface area contributed by atoms with Gasteiger partial charge in [-0.2, -0.15) is 33.7 Å². The number of aliphatic hydroxyl groups excluding tert-OH is 1. The summed E-state index contributed by atoms with van der Waals surface area (Å²) in [7, 11) is -18.7. The first-order chi connectivity index (χ1) is 36.6. The van der Waals surface area contributed by atoms with Crippen molar-refractivity contribution in [3.63, 3.8) is 0 Å². The second-order valence-electron chi connectivity index (χ2n) is 17.6. The molecule has 3 aliphatic heterocycles. The Kier molecular flexibility index (Phi) is 16.3. The fourth-order valence-corrected chi connectivity index (χ4v) is 19.0. The van der Waals surface area contributed by atoms with Crippen LogP contribution in [0.2, 0.25) is 10.0 Å². The molecule has 28 heteroatoms. The summed E-state index contributed by atoms with van der Waals surface area (Å²) in [5.41, 5.74) is 1.91. The molecule has 0 radical (unpaired) electrons. The van der Waals surface area contributed by atoms with Gasteiger partial charge in [0.2, 0.25) is 16.2 Å². The number of hydrogen-bond donors (Lipinski definition) is 1. The van der Waals surface area contributed by atoms with Gasteiger partial charge in [0, 0.05) is 70.6 Å². The molecule has 404 valence electrons. The predicted octanol–water partition coefficient (Wildman–Crippen LogP) is 8.12. The van der Waals surface area contributed by atoms with Gasteiger partial charge >= 0.3 is 0 Å². The van der Waals surface area contributed by atoms with Crippen LogP contribution < -0.4 is 17.2 Å². The van der Waals surface area contributed by atoms with Crippen molar-refractivity contribution in [3.8, 4) is 0 Å². The maximum absolute atomic E-state index is 13.8. The van der Waals surface area contributed by atoms with Gasteiger partial charge in [-0.05, 0) is 153 Å². The standard InChI is InChI=1S/C30H27Cl2FN4O5S3.C19H16FN3O6S3/c31-22-16-21(17-23(32)18-22)20-2-1-13-35(19-20)28-11-14-36(29(28)38)25-5-9-27(10-6-25)45(41,42)37(30-34-12-15-43-30)44(39,40)26-7-3-24(33)4-8-26;20-13-1-5-15(6-2-13)31(26,27)23(19-21-10-12-30-19)32(28,29)16-7-3-14(4-8-16)22-11-9-17(24)18(22)25/h3-10,12,15-18,20,28H,1-2,11,13-14,19H2;1-8,10,12,17,24H,9,11H2/t20?,28-;17-/m01/s1. The van der Waals surface area contributed by atoms with E-state index in [-0.39, 0.29) is 58.3 Å². The van der Waals surface area contributed by atoms with Crippen LogP contribution in [-0.2, 0) is 49.7 Å². The number of hydrogen-bond acceptors (Lipinski definition) is 16. The maximum atomic E-state index is 13.8. The van der Waals surface area contributed by atoms with Gasteiger partial charge in [0.25, 0.3) is 46.0 Å². The summed E-state index contributed by atoms with van der Waals surface area (Å²) in [5.74, 6) is -1.74. The molecule has 1 unspecified atom stereocenters. The number of likely N-dealkylation sites (tertiary alicyclic amines) is 1. The molecule has 2 aromatic heterocycles. The van der Waals surface area contributed by atoms with Gasteiger partial charge in [0.05, 0.1) is 25.6 Å². The average molecular weight is 1210 g/mol. The first-order valence-electron chi connectivity index (χ1n) is 23.2. The Morgan fingerprint density at radius 1 is 0.545 bits per heavy atom. The van der Waals surface area contributed by atoms with Crippen LogP contribution in [0.5, 0.6) is 0 Å². The van der Waals surface area contributed by atoms with Crippen molar-refractivity contribution in [1.29, 1.82) is 0 Å². The van der Waals surface area contributed by atoms with Gasteiger partial charge in [0.1, 0.15) is 17.7 Å². The molecule has 3 fully saturated rings. The van der Waals surface area contributed by atoms with Gasteiger partial charge in [-0.1, -0.05) is 23.2 Å². The number of benzene rings is 5. The van der Waals surface area contributed by atoms with E-state index in [9.17, 15) is 57.1 Å². The van der Waals surface area contributed by atoms with Crippen molar-refractivity contribution in [2.24, 2.45) is 0 Å². The lowest BCUT2D eigenvalue weighted by atomic mass is 9.89. The van der Waals surface area contributed by atoms with Crippen molar-refractivity contribution in [2.75, 3.05) is 43.4 Å². The molecule has 18 nitrogen and oxygen atoms in total. The number of halogens is 4. The number of thiazole rings is 2. The summed E-state index contributed by atoms with van der Waals surface area (Å²) in [5, 5.41) is 13.0. The summed E-state index contributed by atoms with van der Waals surface area (Å²) >= 11 is 14.1. The van der Waals surface area contributed by atoms with Crippen molar-refractivity contribution in [2.45, 2.75) is 63.3 Å². The molecular formula is C49H43Cl2F2N7O11S6. The molecule has 5 heterocycles. The summed E-state index contributed by atoms with van der Waals surface area (Å²) in [6, 6.07) is 23.4. The number of aliphatic hydroxyl groups is 1. The van der Waals surface area contributed by atoms with Gasteiger partial charge in [-0.3, -0.25) is 14.5 Å². The molecule has 1 N–H and O–H groups in total. The molecule has 7 aromatic rings. The Bertz CT molecular complexity index is 3740. The van der Waals surface area contributed by atoms with Crippen molar-refractivity contribution in [1.82, 2.24) is 14.9 Å². The average Bonchev–Trinajstić information content (AvgIpc) is 4.26. The van der Waals surface area contributed by atoms with Crippen molar-refractivity contribution < 1.29 is 57.1 Å². The van der Waals surface area contributed by atoms with Crippen LogP contribution in [0.3, 0.4) is 0 Å². The number of rotatable bonds is 14. The molecule has 0 saturated carbocycles. The summed E-state index contributed by atoms with van der Waals surface area (Å²) in [6.45, 7) is 2.19. The van der Waals surface area contributed by atoms with Gasteiger partial charge in [-0.15, -0.1) is 30.1 Å². The van der Waals surface area contributed by atoms with Crippen molar-refractivity contribution in [3.05, 3.63) is 166 Å². The zero-order valence-corrected chi connectivity index (χ0v) is 46.2. The number of piperidine rings is 1. The summed E-state index contributed by atoms with van der Waals surface area (Å²) < 4.78 is 135. The molecule has 0 spiro atoms. The molecule has 3 aliphatic rings. The minimum absolute atomic E-state index is 0.0846. The first-order valence-corrected chi connectivity index (χ1v) is 31.5. The zero-order chi connectivity index (χ0) is 55.0. The Labute approximate surface area is 460 Å². The fraction of sp³-hybridized carbons (Fsp3) is 0.224. The van der Waals surface area contributed by atoms with Crippen LogP contribution in [-0.4, -0.2) is 104 Å². The van der Waals surface area contributed by atoms with E-state index in [1.165, 1.54) is 76.6 Å². The lowest BCUT2D eigenvalue weighted by molar-refractivity contribution is -0.124. The van der Waals surface area contributed by atoms with Crippen LogP contribution in [0.25, 0.3) is 0 Å². The van der Waals surface area contributed by atoms with E-state index in [0.717, 1.165) is 96.2 Å². The van der Waals surface area contributed by atoms with Gasteiger partial charge in [0.15, 0.2) is 0 Å². The molecule has 0 bridgehead atoms. The minimum Gasteiger partial charge on any atom is -0.383 e. The van der Waals surface area contributed by atoms with Crippen LogP contribution >= 0.6 is 45.9 Å². The topological polar surface area (TPSA) is 233 Å². The van der Waals surface area contributed by atoms with Crippen LogP contribution in [0, 0.1) is 11.6 Å². The fourth-order valence-electron chi connectivity index (χ4n) is 9.03. The Morgan fingerprint density at radius 3 is 1.34 bits per heavy atom. The van der Waals surface area contributed by atoms with Crippen LogP contribution in [0.4, 0.5) is 30.4 Å². The summed E-state index contributed by atoms with van der Waals surface area (Å²) in [6.07, 6.45) is 4.18. The molecule has 0 aliphatic carbocycles. The van der Waals surface area contributed by atoms with E-state index in [4.69, 9.17) is 23.2 Å². The normalized spacial score (nSPS) is 18.5. The third-order valence-electron chi connectivity index (χ3n) is 12.7. The van der Waals surface area contributed by atoms with Crippen LogP contribution in [0.1, 0.15) is 37.2 Å². The SMILES string of the molecule is O=C1[C@@H](N2CCCC(c3cc(Cl)cc(Cl)c3)C2)CCN1c1ccc(S(=O)(=O)N(c2nccs2)S(=O)(=O)c2ccc(F)cc2)cc1.O=C1[C@H](O)CCN1c1ccc(S(=O)(=O)N(c2nccs2)S(=O)(=O)c2ccc(F)cc2)cc1. The number of carbonyl (C=O) groups excluding carboxylic acids is 2. The highest BCUT2D eigenvalue weighted by atomic mass is 35.5. The Balaban J connectivity index is 0.000000199. The number of nitrogens with zero attached hydrogens (tertiary/aromatic N) is 7. The Morgan fingerprint density at radius 2 is 0.948 bits per heavy atom. The quantitative estimate of drug-likeness (QED) is 0.108. The molecule has 2 amide bonds. The van der Waals surface area contributed by atoms with E-state index >= 15 is 0 Å². The number of aromatic nitrogens is 2. The van der Waals surface area contributed by atoms with E-state index in [2.05, 4.69) is 14.9 Å². The van der Waals surface area contributed by atoms with Gasteiger partial charge in [-0.25, -0.2) is 18.7 Å². The highest BCUT2D eigenvalue weighted by Crippen LogP contribution is 2.38. The van der Waals surface area contributed by atoms with E-state index in [0.29, 0.717) is 40.9 Å². The molecule has 3 atom stereocenters. The molecular weight excluding hydrogens is 1160 g/mol. The predicted molar refractivity (Wildman–Crippen MR) is 287 cm³/mol. The molecule has 3 saturated heterocycles. The second-order valence-corrected chi connectivity index (χ2v) is 27.8. The van der Waals surface area contributed by atoms with E-state index in [1.807, 2.05) is 12.1 Å². The Hall–Kier alpha value is -5.94. The third kappa shape index (κ3) is 11.5. The van der Waals surface area contributed by atoms with E-state index < -0.39 is 73.5 Å². The number of anilines is 4. The number of carbonyl (C=O) groups is 2. The highest BCUT2D eigenvalue weighted by Gasteiger charge is 2.42. The van der Waals surface area contributed by atoms with E-state index in [1.54, 1.807) is 11.0 Å². The first kappa shape index (κ1) is 55.8. The summed E-state index contributed by atoms with van der Waals surface area (Å²) in [4.78, 5) is 37.0. The number of amides is 2. The molecule has 77 heavy (non-hydrogen) atoms. The third-order valence-corrected chi connectivity index (χ3v) is 23.4. The monoisotopic (exact) mass is 1210 g/mol. The zero-order valence-electron chi connectivity index (χ0n) is 39.8. The lowest BCUT2D eigenvalue weighted by Crippen LogP contribution is -2.46. The maximum Gasteiger partial charge on any atom is 0.279 e. The molecule has 10 rings (SSSR count). The molecule has 5 aromatic carbocycles.